The largest absolute Gasteiger partial charge is 0.492 e. The highest BCUT2D eigenvalue weighted by molar-refractivity contribution is 6.12. The summed E-state index contributed by atoms with van der Waals surface area (Å²) in [7, 11) is 1.51. The van der Waals surface area contributed by atoms with Gasteiger partial charge < -0.3 is 13.9 Å². The van der Waals surface area contributed by atoms with Gasteiger partial charge in [0.25, 0.3) is 0 Å². The van der Waals surface area contributed by atoms with E-state index in [2.05, 4.69) is 0 Å². The van der Waals surface area contributed by atoms with E-state index in [4.69, 9.17) is 13.9 Å². The first-order valence-electron chi connectivity index (χ1n) is 6.71. The van der Waals surface area contributed by atoms with E-state index in [1.54, 1.807) is 24.3 Å². The fourth-order valence-corrected chi connectivity index (χ4v) is 1.98. The van der Waals surface area contributed by atoms with Crippen LogP contribution in [0.4, 0.5) is 0 Å². The predicted molar refractivity (Wildman–Crippen MR) is 80.8 cm³/mol. The SMILES string of the molecule is CCOc1cccc(/C=C(\C#N)C(=O)c2ccco2)c1OC. The second-order valence-electron chi connectivity index (χ2n) is 4.29. The molecule has 1 heterocycles. The van der Waals surface area contributed by atoms with Crippen molar-refractivity contribution in [3.63, 3.8) is 0 Å². The molecule has 0 N–H and O–H groups in total. The molecular weight excluding hydrogens is 282 g/mol. The van der Waals surface area contributed by atoms with Crippen LogP contribution in [-0.4, -0.2) is 19.5 Å². The third-order valence-corrected chi connectivity index (χ3v) is 2.92. The Morgan fingerprint density at radius 1 is 1.36 bits per heavy atom. The Balaban J connectivity index is 2.44. The van der Waals surface area contributed by atoms with Crippen LogP contribution in [-0.2, 0) is 0 Å². The van der Waals surface area contributed by atoms with E-state index in [-0.39, 0.29) is 11.3 Å². The molecule has 0 bridgehead atoms. The Bertz CT molecular complexity index is 724. The highest BCUT2D eigenvalue weighted by atomic mass is 16.5. The number of ether oxygens (including phenoxy) is 2. The second kappa shape index (κ2) is 7.14. The lowest BCUT2D eigenvalue weighted by molar-refractivity contribution is 0.101. The molecule has 0 amide bonds. The van der Waals surface area contributed by atoms with Crippen LogP contribution in [0.25, 0.3) is 6.08 Å². The molecule has 1 aromatic carbocycles. The Hall–Kier alpha value is -3.00. The zero-order chi connectivity index (χ0) is 15.9. The van der Waals surface area contributed by atoms with Crippen molar-refractivity contribution in [1.29, 1.82) is 5.26 Å². The number of hydrogen-bond acceptors (Lipinski definition) is 5. The van der Waals surface area contributed by atoms with Crippen molar-refractivity contribution in [2.75, 3.05) is 13.7 Å². The summed E-state index contributed by atoms with van der Waals surface area (Å²) in [6.45, 7) is 2.35. The number of benzene rings is 1. The molecule has 0 aliphatic heterocycles. The first-order chi connectivity index (χ1) is 10.7. The van der Waals surface area contributed by atoms with Gasteiger partial charge in [0.2, 0.25) is 5.78 Å². The summed E-state index contributed by atoms with van der Waals surface area (Å²) in [5.41, 5.74) is 0.548. The van der Waals surface area contributed by atoms with E-state index in [1.807, 2.05) is 13.0 Å². The minimum absolute atomic E-state index is 0.0399. The van der Waals surface area contributed by atoms with Crippen LogP contribution in [0.5, 0.6) is 11.5 Å². The highest BCUT2D eigenvalue weighted by Gasteiger charge is 2.16. The van der Waals surface area contributed by atoms with E-state index in [9.17, 15) is 10.1 Å². The van der Waals surface area contributed by atoms with Crippen molar-refractivity contribution in [2.45, 2.75) is 6.92 Å². The molecule has 5 nitrogen and oxygen atoms in total. The first-order valence-corrected chi connectivity index (χ1v) is 6.71. The topological polar surface area (TPSA) is 72.5 Å². The van der Waals surface area contributed by atoms with Gasteiger partial charge in [0.1, 0.15) is 11.6 Å². The molecule has 0 unspecified atom stereocenters. The Morgan fingerprint density at radius 2 is 2.18 bits per heavy atom. The van der Waals surface area contributed by atoms with Crippen molar-refractivity contribution in [2.24, 2.45) is 0 Å². The van der Waals surface area contributed by atoms with Crippen LogP contribution in [0.3, 0.4) is 0 Å². The van der Waals surface area contributed by atoms with Gasteiger partial charge in [-0.3, -0.25) is 4.79 Å². The molecule has 0 atom stereocenters. The standard InChI is InChI=1S/C17H15NO4/c1-3-21-15-7-4-6-12(17(15)20-2)10-13(11-18)16(19)14-8-5-9-22-14/h4-10H,3H2,1-2H3/b13-10+. The number of rotatable bonds is 6. The molecule has 0 saturated heterocycles. The van der Waals surface area contributed by atoms with Gasteiger partial charge in [-0.25, -0.2) is 0 Å². The molecule has 0 radical (unpaired) electrons. The molecule has 0 fully saturated rings. The number of carbonyl (C=O) groups excluding carboxylic acids is 1. The summed E-state index contributed by atoms with van der Waals surface area (Å²) < 4.78 is 15.8. The van der Waals surface area contributed by atoms with Gasteiger partial charge in [-0.15, -0.1) is 0 Å². The zero-order valence-electron chi connectivity index (χ0n) is 12.3. The number of Topliss-reactive ketones (excluding diaryl/α,β-unsaturated/α-hetero) is 1. The summed E-state index contributed by atoms with van der Waals surface area (Å²) in [5, 5.41) is 9.24. The Labute approximate surface area is 128 Å². The molecule has 0 aliphatic carbocycles. The number of carbonyl (C=O) groups is 1. The molecule has 112 valence electrons. The van der Waals surface area contributed by atoms with E-state index in [0.717, 1.165) is 0 Å². The van der Waals surface area contributed by atoms with Gasteiger partial charge in [-0.1, -0.05) is 12.1 Å². The summed E-state index contributed by atoms with van der Waals surface area (Å²) in [4.78, 5) is 12.2. The molecular formula is C17H15NO4. The third-order valence-electron chi connectivity index (χ3n) is 2.92. The summed E-state index contributed by atoms with van der Waals surface area (Å²) in [5.74, 6) is 0.676. The highest BCUT2D eigenvalue weighted by Crippen LogP contribution is 2.32. The fourth-order valence-electron chi connectivity index (χ4n) is 1.98. The second-order valence-corrected chi connectivity index (χ2v) is 4.29. The molecule has 22 heavy (non-hydrogen) atoms. The first kappa shape index (κ1) is 15.4. The van der Waals surface area contributed by atoms with Crippen LogP contribution in [0.15, 0.2) is 46.6 Å². The fraction of sp³-hybridized carbons (Fsp3) is 0.176. The molecule has 5 heteroatoms. The smallest absolute Gasteiger partial charge is 0.238 e. The van der Waals surface area contributed by atoms with Gasteiger partial charge in [-0.2, -0.15) is 5.26 Å². The van der Waals surface area contributed by atoms with Crippen molar-refractivity contribution in [3.05, 3.63) is 53.5 Å². The molecule has 0 spiro atoms. The predicted octanol–water partition coefficient (Wildman–Crippen LogP) is 3.48. The molecule has 0 aliphatic rings. The Morgan fingerprint density at radius 3 is 2.77 bits per heavy atom. The van der Waals surface area contributed by atoms with Crippen LogP contribution >= 0.6 is 0 Å². The average molecular weight is 297 g/mol. The maximum Gasteiger partial charge on any atom is 0.238 e. The van der Waals surface area contributed by atoms with Gasteiger partial charge in [0, 0.05) is 5.56 Å². The van der Waals surface area contributed by atoms with Gasteiger partial charge in [0.15, 0.2) is 17.3 Å². The van der Waals surface area contributed by atoms with E-state index in [1.165, 1.54) is 25.5 Å². The number of hydrogen-bond donors (Lipinski definition) is 0. The number of methoxy groups -OCH3 is 1. The monoisotopic (exact) mass is 297 g/mol. The van der Waals surface area contributed by atoms with Gasteiger partial charge >= 0.3 is 0 Å². The average Bonchev–Trinajstić information content (AvgIpc) is 3.07. The van der Waals surface area contributed by atoms with Gasteiger partial charge in [-0.05, 0) is 31.2 Å². The maximum absolute atomic E-state index is 12.2. The van der Waals surface area contributed by atoms with Crippen LogP contribution < -0.4 is 9.47 Å². The summed E-state index contributed by atoms with van der Waals surface area (Å²) in [6.07, 6.45) is 2.85. The van der Waals surface area contributed by atoms with Crippen molar-refractivity contribution in [1.82, 2.24) is 0 Å². The summed E-state index contributed by atoms with van der Waals surface area (Å²) >= 11 is 0. The summed E-state index contributed by atoms with van der Waals surface area (Å²) in [6, 6.07) is 10.3. The normalized spacial score (nSPS) is 10.9. The van der Waals surface area contributed by atoms with E-state index < -0.39 is 5.78 Å². The minimum atomic E-state index is -0.476. The minimum Gasteiger partial charge on any atom is -0.492 e. The van der Waals surface area contributed by atoms with Crippen molar-refractivity contribution < 1.29 is 18.7 Å². The van der Waals surface area contributed by atoms with E-state index >= 15 is 0 Å². The molecule has 0 saturated carbocycles. The van der Waals surface area contributed by atoms with Crippen molar-refractivity contribution >= 4 is 11.9 Å². The lowest BCUT2D eigenvalue weighted by atomic mass is 10.1. The number of allylic oxidation sites excluding steroid dienone is 1. The number of nitriles is 1. The lowest BCUT2D eigenvalue weighted by Crippen LogP contribution is -2.01. The van der Waals surface area contributed by atoms with E-state index in [0.29, 0.717) is 23.7 Å². The number of ketones is 1. The van der Waals surface area contributed by atoms with Crippen LogP contribution in [0.1, 0.15) is 23.0 Å². The number of nitrogens with zero attached hydrogens (tertiary/aromatic N) is 1. The number of para-hydroxylation sites is 1. The van der Waals surface area contributed by atoms with Crippen LogP contribution in [0.2, 0.25) is 0 Å². The quantitative estimate of drug-likeness (QED) is 0.463. The van der Waals surface area contributed by atoms with Gasteiger partial charge in [0.05, 0.1) is 20.0 Å². The Kier molecular flexibility index (Phi) is 4.99. The molecule has 2 aromatic rings. The van der Waals surface area contributed by atoms with Crippen LogP contribution in [0, 0.1) is 11.3 Å². The number of furan rings is 1. The molecule has 2 rings (SSSR count). The zero-order valence-corrected chi connectivity index (χ0v) is 12.3. The maximum atomic E-state index is 12.2. The lowest BCUT2D eigenvalue weighted by Gasteiger charge is -2.11. The van der Waals surface area contributed by atoms with Crippen molar-refractivity contribution in [3.8, 4) is 17.6 Å². The third kappa shape index (κ3) is 3.18. The molecule has 1 aromatic heterocycles.